The lowest BCUT2D eigenvalue weighted by Gasteiger charge is -2.22. The second-order valence-corrected chi connectivity index (χ2v) is 8.37. The number of amides is 1. The molecule has 0 aromatic heterocycles. The van der Waals surface area contributed by atoms with Gasteiger partial charge in [-0.15, -0.1) is 33.5 Å². The third-order valence-corrected chi connectivity index (χ3v) is 5.63. The lowest BCUT2D eigenvalue weighted by molar-refractivity contribution is -0.126. The second kappa shape index (κ2) is 18.3. The first-order valence-electron chi connectivity index (χ1n) is 6.19. The van der Waals surface area contributed by atoms with E-state index in [1.165, 1.54) is 0 Å². The van der Waals surface area contributed by atoms with E-state index in [-0.39, 0.29) is 31.7 Å². The van der Waals surface area contributed by atoms with E-state index in [2.05, 4.69) is 32.7 Å². The molecule has 8 heteroatoms. The van der Waals surface area contributed by atoms with Crippen LogP contribution in [0.3, 0.4) is 0 Å². The molecule has 1 amide bonds. The van der Waals surface area contributed by atoms with Gasteiger partial charge >= 0.3 is 0 Å². The van der Waals surface area contributed by atoms with Gasteiger partial charge in [-0.25, -0.2) is 0 Å². The number of hydrogen-bond acceptors (Lipinski definition) is 5. The van der Waals surface area contributed by atoms with Gasteiger partial charge in [-0.2, -0.15) is 0 Å². The number of nitrogens with one attached hydrogen (secondary N) is 2. The average Bonchev–Trinajstić information content (AvgIpc) is 2.47. The molecule has 0 heterocycles. The number of ether oxygens (including phenoxy) is 2. The third kappa shape index (κ3) is 13.7. The highest BCUT2D eigenvalue weighted by molar-refractivity contribution is 8.64. The van der Waals surface area contributed by atoms with Crippen molar-refractivity contribution in [1.82, 2.24) is 10.6 Å². The van der Waals surface area contributed by atoms with Crippen LogP contribution in [-0.2, 0) is 14.3 Å². The number of carbonyl (C=O) groups excluding carboxylic acids is 1. The van der Waals surface area contributed by atoms with Gasteiger partial charge in [-0.1, -0.05) is 7.43 Å². The number of carbonyl (C=O) groups is 1. The Morgan fingerprint density at radius 3 is 2.29 bits per heavy atom. The highest BCUT2D eigenvalue weighted by Gasteiger charge is 2.19. The van der Waals surface area contributed by atoms with Crippen LogP contribution >= 0.6 is 27.8 Å². The molecule has 21 heavy (non-hydrogen) atoms. The SMILES string of the molecule is C.C=C.CN[C@@H](CSPP)C(=O)NC(C)CC(OC)OC. The van der Waals surface area contributed by atoms with Gasteiger partial charge in [-0.3, -0.25) is 4.79 Å². The normalized spacial score (nSPS) is 13.2. The minimum atomic E-state index is -0.281. The highest BCUT2D eigenvalue weighted by Crippen LogP contribution is 2.36. The molecule has 0 rings (SSSR count). The molecular formula is C13H32N2O3P2S. The maximum atomic E-state index is 12.0. The highest BCUT2D eigenvalue weighted by atomic mass is 32.9. The predicted molar refractivity (Wildman–Crippen MR) is 101 cm³/mol. The van der Waals surface area contributed by atoms with E-state index in [1.807, 2.05) is 6.92 Å². The van der Waals surface area contributed by atoms with Crippen molar-refractivity contribution >= 4 is 33.7 Å². The Hall–Kier alpha value is 0.300. The van der Waals surface area contributed by atoms with Crippen molar-refractivity contribution in [3.63, 3.8) is 0 Å². The summed E-state index contributed by atoms with van der Waals surface area (Å²) in [5, 5.41) is 5.98. The molecule has 5 nitrogen and oxygen atoms in total. The molecule has 2 N–H and O–H groups in total. The fourth-order valence-electron chi connectivity index (χ4n) is 1.40. The Morgan fingerprint density at radius 2 is 1.90 bits per heavy atom. The summed E-state index contributed by atoms with van der Waals surface area (Å²) in [7, 11) is 8.36. The van der Waals surface area contributed by atoms with Crippen LogP contribution in [0.25, 0.3) is 0 Å². The number of rotatable bonds is 10. The van der Waals surface area contributed by atoms with Crippen LogP contribution in [0.5, 0.6) is 0 Å². The minimum Gasteiger partial charge on any atom is -0.356 e. The van der Waals surface area contributed by atoms with Gasteiger partial charge in [0, 0.05) is 32.4 Å². The first-order valence-corrected chi connectivity index (χ1v) is 10.7. The maximum Gasteiger partial charge on any atom is 0.238 e. The van der Waals surface area contributed by atoms with Gasteiger partial charge in [0.15, 0.2) is 6.29 Å². The zero-order chi connectivity index (χ0) is 16.0. The molecule has 0 aliphatic heterocycles. The Morgan fingerprint density at radius 1 is 1.38 bits per heavy atom. The zero-order valence-corrected chi connectivity index (χ0v) is 15.7. The lowest BCUT2D eigenvalue weighted by Crippen LogP contribution is -2.48. The first kappa shape index (κ1) is 26.2. The Balaban J connectivity index is -0.00000103. The van der Waals surface area contributed by atoms with Crippen molar-refractivity contribution in [2.75, 3.05) is 27.0 Å². The monoisotopic (exact) mass is 358 g/mol. The molecule has 0 spiro atoms. The molecule has 0 fully saturated rings. The van der Waals surface area contributed by atoms with Gasteiger partial charge in [-0.05, 0) is 21.4 Å². The van der Waals surface area contributed by atoms with Gasteiger partial charge in [0.05, 0.1) is 6.04 Å². The quantitative estimate of drug-likeness (QED) is 0.357. The first-order chi connectivity index (χ1) is 9.58. The van der Waals surface area contributed by atoms with Crippen LogP contribution in [0.2, 0.25) is 0 Å². The van der Waals surface area contributed by atoms with E-state index in [0.29, 0.717) is 13.9 Å². The topological polar surface area (TPSA) is 59.6 Å². The van der Waals surface area contributed by atoms with E-state index in [9.17, 15) is 4.79 Å². The third-order valence-electron chi connectivity index (χ3n) is 2.46. The largest absolute Gasteiger partial charge is 0.356 e. The smallest absolute Gasteiger partial charge is 0.238 e. The molecule has 0 bridgehead atoms. The lowest BCUT2D eigenvalue weighted by atomic mass is 10.2. The van der Waals surface area contributed by atoms with E-state index in [4.69, 9.17) is 9.47 Å². The van der Waals surface area contributed by atoms with Crippen LogP contribution < -0.4 is 10.6 Å². The molecular weight excluding hydrogens is 326 g/mol. The van der Waals surface area contributed by atoms with Crippen LogP contribution in [0.15, 0.2) is 13.2 Å². The van der Waals surface area contributed by atoms with Crippen molar-refractivity contribution in [1.29, 1.82) is 0 Å². The van der Waals surface area contributed by atoms with Crippen LogP contribution in [0.4, 0.5) is 0 Å². The fourth-order valence-corrected chi connectivity index (χ4v) is 3.64. The minimum absolute atomic E-state index is 0. The summed E-state index contributed by atoms with van der Waals surface area (Å²) in [5.41, 5.74) is 0. The average molecular weight is 358 g/mol. The van der Waals surface area contributed by atoms with Gasteiger partial charge in [0.25, 0.3) is 0 Å². The van der Waals surface area contributed by atoms with Crippen molar-refractivity contribution in [3.05, 3.63) is 13.2 Å². The zero-order valence-electron chi connectivity index (χ0n) is 12.8. The summed E-state index contributed by atoms with van der Waals surface area (Å²) in [6.45, 7) is 7.94. The van der Waals surface area contributed by atoms with E-state index in [1.54, 1.807) is 32.6 Å². The Bertz CT molecular complexity index is 247. The van der Waals surface area contributed by atoms with Gasteiger partial charge in [0.1, 0.15) is 0 Å². The Kier molecular flexibility index (Phi) is 22.9. The predicted octanol–water partition coefficient (Wildman–Crippen LogP) is 2.64. The van der Waals surface area contributed by atoms with Crippen LogP contribution in [-0.4, -0.2) is 51.3 Å². The van der Waals surface area contributed by atoms with E-state index >= 15 is 0 Å². The molecule has 0 radical (unpaired) electrons. The summed E-state index contributed by atoms with van der Waals surface area (Å²) >= 11 is 1.74. The molecule has 0 aliphatic carbocycles. The number of likely N-dealkylation sites (N-methyl/N-ethyl adjacent to an activating group) is 1. The van der Waals surface area contributed by atoms with Crippen molar-refractivity contribution in [2.45, 2.75) is 39.1 Å². The summed E-state index contributed by atoms with van der Waals surface area (Å²) in [5.74, 6) is 0.793. The molecule has 3 unspecified atom stereocenters. The summed E-state index contributed by atoms with van der Waals surface area (Å²) in [6, 6.07) is -0.143. The van der Waals surface area contributed by atoms with E-state index < -0.39 is 0 Å². The van der Waals surface area contributed by atoms with Crippen molar-refractivity contribution in [2.24, 2.45) is 0 Å². The fraction of sp³-hybridized carbons (Fsp3) is 0.769. The molecule has 0 aromatic carbocycles. The Labute approximate surface area is 138 Å². The summed E-state index contributed by atoms with van der Waals surface area (Å²) in [6.07, 6.45) is 0.351. The second-order valence-electron chi connectivity index (χ2n) is 3.82. The van der Waals surface area contributed by atoms with Gasteiger partial charge < -0.3 is 20.1 Å². The summed E-state index contributed by atoms with van der Waals surface area (Å²) < 4.78 is 10.2. The van der Waals surface area contributed by atoms with Crippen molar-refractivity contribution < 1.29 is 14.3 Å². The maximum absolute atomic E-state index is 12.0. The molecule has 0 aromatic rings. The molecule has 0 saturated heterocycles. The van der Waals surface area contributed by atoms with Gasteiger partial charge in [0.2, 0.25) is 5.91 Å². The standard InChI is InChI=1S/C10H24N2O3P2S.C2H4.CH4/c1-7(5-9(14-3)15-4)12-10(13)8(11-2)6-18-17-16;1-2;/h7-9,11,17H,5-6,16H2,1-4H3,(H,12,13);1-2H2;1H4/t7?,8-;;/m0../s1. The molecule has 0 aliphatic rings. The number of hydrogen-bond donors (Lipinski definition) is 2. The molecule has 4 atom stereocenters. The summed E-state index contributed by atoms with van der Waals surface area (Å²) in [4.78, 5) is 12.0. The number of methoxy groups -OCH3 is 2. The van der Waals surface area contributed by atoms with E-state index in [0.717, 1.165) is 5.75 Å². The van der Waals surface area contributed by atoms with Crippen LogP contribution in [0, 0.1) is 0 Å². The van der Waals surface area contributed by atoms with Crippen molar-refractivity contribution in [3.8, 4) is 0 Å². The van der Waals surface area contributed by atoms with Crippen LogP contribution in [0.1, 0.15) is 20.8 Å². The molecule has 0 saturated carbocycles. The molecule has 128 valence electrons.